The van der Waals surface area contributed by atoms with Crippen LogP contribution in [0.15, 0.2) is 30.3 Å². The zero-order valence-electron chi connectivity index (χ0n) is 8.48. The molecule has 15 heavy (non-hydrogen) atoms. The van der Waals surface area contributed by atoms with Crippen LogP contribution in [0.1, 0.15) is 24.3 Å². The summed E-state index contributed by atoms with van der Waals surface area (Å²) in [6.45, 7) is 1.75. The van der Waals surface area contributed by atoms with Crippen LogP contribution < -0.4 is 0 Å². The number of halogens is 1. The molecule has 0 aromatic heterocycles. The first-order chi connectivity index (χ1) is 7.14. The zero-order chi connectivity index (χ0) is 11.3. The van der Waals surface area contributed by atoms with Crippen LogP contribution in [-0.2, 0) is 4.74 Å². The monoisotopic (exact) mass is 227 g/mol. The normalized spacial score (nSPS) is 16.5. The molecular weight excluding hydrogens is 214 g/mol. The predicted octanol–water partition coefficient (Wildman–Crippen LogP) is 2.69. The Bertz CT molecular complexity index is 318. The van der Waals surface area contributed by atoms with Gasteiger partial charge in [-0.2, -0.15) is 0 Å². The second kappa shape index (κ2) is 5.14. The first kappa shape index (κ1) is 12.0. The number of hydrogen-bond acceptors (Lipinski definition) is 3. The Kier molecular flexibility index (Phi) is 4.12. The van der Waals surface area contributed by atoms with E-state index in [9.17, 15) is 5.11 Å². The summed E-state index contributed by atoms with van der Waals surface area (Å²) in [5, 5.41) is 16.2. The van der Waals surface area contributed by atoms with Crippen molar-refractivity contribution < 1.29 is 9.84 Å². The number of aliphatic hydroxyl groups is 1. The van der Waals surface area contributed by atoms with Crippen molar-refractivity contribution in [2.24, 2.45) is 0 Å². The third-order valence-corrected chi connectivity index (χ3v) is 2.85. The fourth-order valence-electron chi connectivity index (χ4n) is 1.31. The Morgan fingerprint density at radius 3 is 2.60 bits per heavy atom. The molecule has 0 radical (unpaired) electrons. The predicted molar refractivity (Wildman–Crippen MR) is 60.1 cm³/mol. The minimum absolute atomic E-state index is 0.311. The minimum atomic E-state index is -1.52. The highest BCUT2D eigenvalue weighted by molar-refractivity contribution is 6.21. The highest BCUT2D eigenvalue weighted by atomic mass is 35.5. The molecule has 2 N–H and O–H groups in total. The van der Waals surface area contributed by atoms with Crippen LogP contribution in [0.3, 0.4) is 0 Å². The molecule has 1 rings (SSSR count). The Balaban J connectivity index is 2.91. The van der Waals surface area contributed by atoms with Gasteiger partial charge in [-0.1, -0.05) is 37.3 Å². The molecule has 1 aromatic carbocycles. The lowest BCUT2D eigenvalue weighted by atomic mass is 10.0. The molecule has 0 aliphatic rings. The fraction of sp³-hybridized carbons (Fsp3) is 0.364. The van der Waals surface area contributed by atoms with Gasteiger partial charge in [0.25, 0.3) is 0 Å². The lowest BCUT2D eigenvalue weighted by Gasteiger charge is -2.30. The van der Waals surface area contributed by atoms with Gasteiger partial charge in [-0.05, 0) is 5.56 Å². The maximum Gasteiger partial charge on any atom is 0.229 e. The summed E-state index contributed by atoms with van der Waals surface area (Å²) in [6.07, 6.45) is 1.02. The highest BCUT2D eigenvalue weighted by Crippen LogP contribution is 2.35. The lowest BCUT2D eigenvalue weighted by molar-refractivity contribution is -0.148. The van der Waals surface area contributed by atoms with Crippen molar-refractivity contribution in [1.82, 2.24) is 0 Å². The number of ether oxygens (including phenoxy) is 1. The van der Waals surface area contributed by atoms with Crippen LogP contribution in [0.4, 0.5) is 0 Å². The minimum Gasteiger partial charge on any atom is -0.451 e. The number of nitrogens with one attached hydrogen (secondary N) is 1. The van der Waals surface area contributed by atoms with E-state index in [1.165, 1.54) is 0 Å². The molecule has 0 saturated carbocycles. The SMILES string of the molecule is CCC(O)(OC=N)C(Cl)c1ccccc1. The molecule has 0 saturated heterocycles. The molecule has 82 valence electrons. The Morgan fingerprint density at radius 1 is 1.53 bits per heavy atom. The van der Waals surface area contributed by atoms with Crippen molar-refractivity contribution in [3.8, 4) is 0 Å². The van der Waals surface area contributed by atoms with Gasteiger partial charge in [0, 0.05) is 6.42 Å². The van der Waals surface area contributed by atoms with E-state index in [-0.39, 0.29) is 0 Å². The van der Waals surface area contributed by atoms with Gasteiger partial charge in [0.05, 0.1) is 0 Å². The molecule has 1 aromatic rings. The largest absolute Gasteiger partial charge is 0.451 e. The number of hydrogen-bond donors (Lipinski definition) is 2. The summed E-state index contributed by atoms with van der Waals surface area (Å²) in [5.74, 6) is -1.52. The molecule has 4 heteroatoms. The maximum absolute atomic E-state index is 10.0. The summed E-state index contributed by atoms with van der Waals surface area (Å²) in [6, 6.07) is 9.17. The van der Waals surface area contributed by atoms with Gasteiger partial charge in [0.1, 0.15) is 5.38 Å². The summed E-state index contributed by atoms with van der Waals surface area (Å²) in [5.41, 5.74) is 0.769. The number of alkyl halides is 1. The van der Waals surface area contributed by atoms with E-state index >= 15 is 0 Å². The number of rotatable bonds is 5. The van der Waals surface area contributed by atoms with Gasteiger partial charge in [-0.25, -0.2) is 0 Å². The van der Waals surface area contributed by atoms with Crippen LogP contribution >= 0.6 is 11.6 Å². The van der Waals surface area contributed by atoms with E-state index in [0.717, 1.165) is 5.56 Å². The molecule has 0 fully saturated rings. The van der Waals surface area contributed by atoms with E-state index in [2.05, 4.69) is 0 Å². The molecule has 3 nitrogen and oxygen atoms in total. The smallest absolute Gasteiger partial charge is 0.229 e. The fourth-order valence-corrected chi connectivity index (χ4v) is 1.66. The maximum atomic E-state index is 10.0. The first-order valence-electron chi connectivity index (χ1n) is 4.72. The summed E-state index contributed by atoms with van der Waals surface area (Å²) < 4.78 is 4.86. The van der Waals surface area contributed by atoms with E-state index in [1.54, 1.807) is 6.92 Å². The van der Waals surface area contributed by atoms with Gasteiger partial charge in [0.15, 0.2) is 6.40 Å². The van der Waals surface area contributed by atoms with Crippen LogP contribution in [0.2, 0.25) is 0 Å². The van der Waals surface area contributed by atoms with E-state index < -0.39 is 11.2 Å². The third kappa shape index (κ3) is 2.70. The van der Waals surface area contributed by atoms with Gasteiger partial charge in [0.2, 0.25) is 5.79 Å². The summed E-state index contributed by atoms with van der Waals surface area (Å²) in [7, 11) is 0. The molecule has 0 spiro atoms. The standard InChI is InChI=1S/C11H14ClNO2/c1-2-11(14,15-8-13)10(12)9-6-4-3-5-7-9/h3-8,10,13-14H,2H2,1H3. The van der Waals surface area contributed by atoms with Crippen LogP contribution in [0, 0.1) is 5.41 Å². The van der Waals surface area contributed by atoms with Crippen molar-refractivity contribution >= 4 is 18.0 Å². The third-order valence-electron chi connectivity index (χ3n) is 2.26. The molecule has 2 atom stereocenters. The van der Waals surface area contributed by atoms with E-state index in [1.807, 2.05) is 30.3 Å². The molecule has 0 aliphatic heterocycles. The second-order valence-electron chi connectivity index (χ2n) is 3.21. The molecule has 2 unspecified atom stereocenters. The second-order valence-corrected chi connectivity index (χ2v) is 3.64. The molecule has 0 aliphatic carbocycles. The van der Waals surface area contributed by atoms with Crippen molar-refractivity contribution in [3.05, 3.63) is 35.9 Å². The summed E-state index contributed by atoms with van der Waals surface area (Å²) >= 11 is 6.11. The van der Waals surface area contributed by atoms with Gasteiger partial charge in [-0.15, -0.1) is 11.6 Å². The van der Waals surface area contributed by atoms with E-state index in [0.29, 0.717) is 12.8 Å². The van der Waals surface area contributed by atoms with Crippen molar-refractivity contribution in [3.63, 3.8) is 0 Å². The van der Waals surface area contributed by atoms with Gasteiger partial charge >= 0.3 is 0 Å². The molecular formula is C11H14ClNO2. The van der Waals surface area contributed by atoms with Crippen molar-refractivity contribution in [1.29, 1.82) is 5.41 Å². The molecule has 0 amide bonds. The number of benzene rings is 1. The Morgan fingerprint density at radius 2 is 2.13 bits per heavy atom. The topological polar surface area (TPSA) is 53.3 Å². The van der Waals surface area contributed by atoms with Crippen molar-refractivity contribution in [2.75, 3.05) is 0 Å². The van der Waals surface area contributed by atoms with Crippen LogP contribution in [0.5, 0.6) is 0 Å². The van der Waals surface area contributed by atoms with Crippen LogP contribution in [-0.4, -0.2) is 17.3 Å². The first-order valence-corrected chi connectivity index (χ1v) is 5.16. The highest BCUT2D eigenvalue weighted by Gasteiger charge is 2.36. The molecule has 0 bridgehead atoms. The average molecular weight is 228 g/mol. The van der Waals surface area contributed by atoms with Crippen LogP contribution in [0.25, 0.3) is 0 Å². The average Bonchev–Trinajstić information content (AvgIpc) is 2.29. The van der Waals surface area contributed by atoms with Crippen molar-refractivity contribution in [2.45, 2.75) is 24.5 Å². The quantitative estimate of drug-likeness (QED) is 0.352. The van der Waals surface area contributed by atoms with Gasteiger partial charge < -0.3 is 9.84 Å². The van der Waals surface area contributed by atoms with Gasteiger partial charge in [-0.3, -0.25) is 5.41 Å². The van der Waals surface area contributed by atoms with E-state index in [4.69, 9.17) is 21.7 Å². The zero-order valence-corrected chi connectivity index (χ0v) is 9.24. The Hall–Kier alpha value is -1.06. The summed E-state index contributed by atoms with van der Waals surface area (Å²) in [4.78, 5) is 0. The molecule has 0 heterocycles. The lowest BCUT2D eigenvalue weighted by Crippen LogP contribution is -2.35. The Labute approximate surface area is 94.2 Å².